The van der Waals surface area contributed by atoms with E-state index in [9.17, 15) is 9.59 Å². The van der Waals surface area contributed by atoms with E-state index in [4.69, 9.17) is 16.0 Å². The van der Waals surface area contributed by atoms with Gasteiger partial charge >= 0.3 is 0 Å². The molecular formula is C17H15ClN4O3S2. The number of hydrogen-bond acceptors (Lipinski definition) is 7. The van der Waals surface area contributed by atoms with Gasteiger partial charge in [0.2, 0.25) is 11.0 Å². The molecule has 1 aromatic carbocycles. The zero-order chi connectivity index (χ0) is 19.4. The Kier molecular flexibility index (Phi) is 6.15. The van der Waals surface area contributed by atoms with Crippen molar-refractivity contribution in [1.82, 2.24) is 10.2 Å². The number of anilines is 2. The summed E-state index contributed by atoms with van der Waals surface area (Å²) in [5, 5.41) is 14.3. The maximum atomic E-state index is 12.2. The molecule has 0 unspecified atom stereocenters. The van der Waals surface area contributed by atoms with Crippen molar-refractivity contribution < 1.29 is 14.0 Å². The Morgan fingerprint density at radius 1 is 1.19 bits per heavy atom. The number of aromatic nitrogens is 2. The van der Waals surface area contributed by atoms with E-state index in [1.54, 1.807) is 44.2 Å². The van der Waals surface area contributed by atoms with Crippen LogP contribution in [0.5, 0.6) is 0 Å². The highest BCUT2D eigenvalue weighted by molar-refractivity contribution is 8.01. The summed E-state index contributed by atoms with van der Waals surface area (Å²) < 4.78 is 5.93. The van der Waals surface area contributed by atoms with Crippen molar-refractivity contribution in [3.8, 4) is 0 Å². The summed E-state index contributed by atoms with van der Waals surface area (Å²) in [6.45, 7) is 3.50. The predicted octanol–water partition coefficient (Wildman–Crippen LogP) is 4.38. The summed E-state index contributed by atoms with van der Waals surface area (Å²) in [5.41, 5.74) is 1.13. The standard InChI is InChI=1S/C17H15ClN4O3S2/c1-9-7-13(10(2)25-9)15(24)20-16-21-22-17(27-16)26-8-14(23)19-12-5-3-11(18)4-6-12/h3-7H,8H2,1-2H3,(H,19,23)(H,20,21,24). The number of rotatable bonds is 6. The van der Waals surface area contributed by atoms with E-state index in [-0.39, 0.29) is 17.6 Å². The fourth-order valence-corrected chi connectivity index (χ4v) is 3.87. The van der Waals surface area contributed by atoms with Gasteiger partial charge in [0, 0.05) is 10.7 Å². The second-order valence-electron chi connectivity index (χ2n) is 5.50. The molecule has 0 atom stereocenters. The molecule has 0 saturated carbocycles. The van der Waals surface area contributed by atoms with E-state index in [0.29, 0.717) is 37.3 Å². The minimum Gasteiger partial charge on any atom is -0.466 e. The van der Waals surface area contributed by atoms with Crippen LogP contribution in [-0.4, -0.2) is 27.8 Å². The maximum Gasteiger partial charge on any atom is 0.261 e. The molecule has 2 amide bonds. The molecule has 10 heteroatoms. The van der Waals surface area contributed by atoms with Gasteiger partial charge in [-0.25, -0.2) is 0 Å². The van der Waals surface area contributed by atoms with Crippen LogP contribution in [0.25, 0.3) is 0 Å². The molecule has 27 heavy (non-hydrogen) atoms. The molecule has 0 fully saturated rings. The summed E-state index contributed by atoms with van der Waals surface area (Å²) >= 11 is 8.25. The average molecular weight is 423 g/mol. The van der Waals surface area contributed by atoms with Gasteiger partial charge in [0.15, 0.2) is 4.34 Å². The first-order chi connectivity index (χ1) is 12.9. The van der Waals surface area contributed by atoms with Gasteiger partial charge in [-0.05, 0) is 44.2 Å². The quantitative estimate of drug-likeness (QED) is 0.451. The Morgan fingerprint density at radius 3 is 2.59 bits per heavy atom. The lowest BCUT2D eigenvalue weighted by molar-refractivity contribution is -0.113. The van der Waals surface area contributed by atoms with Crippen LogP contribution in [-0.2, 0) is 4.79 Å². The number of thioether (sulfide) groups is 1. The van der Waals surface area contributed by atoms with Crippen molar-refractivity contribution in [3.63, 3.8) is 0 Å². The van der Waals surface area contributed by atoms with E-state index in [1.807, 2.05) is 0 Å². The highest BCUT2D eigenvalue weighted by Crippen LogP contribution is 2.26. The molecule has 0 aliphatic rings. The second-order valence-corrected chi connectivity index (χ2v) is 8.13. The molecule has 3 rings (SSSR count). The van der Waals surface area contributed by atoms with Crippen LogP contribution in [0.4, 0.5) is 10.8 Å². The summed E-state index contributed by atoms with van der Waals surface area (Å²) in [7, 11) is 0. The van der Waals surface area contributed by atoms with Gasteiger partial charge in [0.1, 0.15) is 11.5 Å². The summed E-state index contributed by atoms with van der Waals surface area (Å²) in [4.78, 5) is 24.2. The minimum atomic E-state index is -0.308. The van der Waals surface area contributed by atoms with Gasteiger partial charge in [-0.1, -0.05) is 34.7 Å². The van der Waals surface area contributed by atoms with Gasteiger partial charge in [-0.3, -0.25) is 14.9 Å². The topological polar surface area (TPSA) is 97.1 Å². The first-order valence-electron chi connectivity index (χ1n) is 7.81. The number of amides is 2. The molecule has 0 saturated heterocycles. The molecule has 2 aromatic heterocycles. The summed E-state index contributed by atoms with van der Waals surface area (Å²) in [6, 6.07) is 8.52. The Bertz CT molecular complexity index is 969. The van der Waals surface area contributed by atoms with Crippen LogP contribution >= 0.6 is 34.7 Å². The fraction of sp³-hybridized carbons (Fsp3) is 0.176. The molecule has 3 aromatic rings. The van der Waals surface area contributed by atoms with Gasteiger partial charge in [0.25, 0.3) is 5.91 Å². The molecule has 0 spiro atoms. The average Bonchev–Trinajstić information content (AvgIpc) is 3.21. The van der Waals surface area contributed by atoms with Crippen molar-refractivity contribution in [3.05, 3.63) is 52.4 Å². The van der Waals surface area contributed by atoms with Crippen molar-refractivity contribution in [2.75, 3.05) is 16.4 Å². The normalized spacial score (nSPS) is 10.6. The molecule has 2 N–H and O–H groups in total. The number of carbonyl (C=O) groups is 2. The number of nitrogens with zero attached hydrogens (tertiary/aromatic N) is 2. The van der Waals surface area contributed by atoms with Crippen LogP contribution in [0.1, 0.15) is 21.9 Å². The minimum absolute atomic E-state index is 0.172. The first kappa shape index (κ1) is 19.4. The Balaban J connectivity index is 1.51. The fourth-order valence-electron chi connectivity index (χ4n) is 2.20. The Labute approximate surface area is 168 Å². The first-order valence-corrected chi connectivity index (χ1v) is 9.99. The molecule has 0 bridgehead atoms. The van der Waals surface area contributed by atoms with Crippen molar-refractivity contribution in [2.45, 2.75) is 18.2 Å². The lowest BCUT2D eigenvalue weighted by atomic mass is 10.2. The molecule has 0 radical (unpaired) electrons. The molecular weight excluding hydrogens is 408 g/mol. The van der Waals surface area contributed by atoms with E-state index in [1.165, 1.54) is 23.1 Å². The van der Waals surface area contributed by atoms with Crippen LogP contribution in [0, 0.1) is 13.8 Å². The van der Waals surface area contributed by atoms with Gasteiger partial charge in [0.05, 0.1) is 11.3 Å². The zero-order valence-corrected chi connectivity index (χ0v) is 16.8. The number of benzene rings is 1. The lowest BCUT2D eigenvalue weighted by Gasteiger charge is -2.03. The highest BCUT2D eigenvalue weighted by atomic mass is 35.5. The predicted molar refractivity (Wildman–Crippen MR) is 107 cm³/mol. The van der Waals surface area contributed by atoms with E-state index in [0.717, 1.165) is 0 Å². The van der Waals surface area contributed by atoms with Gasteiger partial charge in [-0.2, -0.15) is 0 Å². The van der Waals surface area contributed by atoms with Crippen LogP contribution in [0.3, 0.4) is 0 Å². The Morgan fingerprint density at radius 2 is 1.93 bits per heavy atom. The third-order valence-corrected chi connectivity index (χ3v) is 5.59. The van der Waals surface area contributed by atoms with Crippen molar-refractivity contribution >= 4 is 57.3 Å². The summed E-state index contributed by atoms with van der Waals surface area (Å²) in [6.07, 6.45) is 0. The van der Waals surface area contributed by atoms with Crippen LogP contribution in [0.2, 0.25) is 5.02 Å². The van der Waals surface area contributed by atoms with Crippen LogP contribution in [0.15, 0.2) is 39.1 Å². The number of carbonyl (C=O) groups excluding carboxylic acids is 2. The lowest BCUT2D eigenvalue weighted by Crippen LogP contribution is -2.13. The highest BCUT2D eigenvalue weighted by Gasteiger charge is 2.16. The molecule has 0 aliphatic carbocycles. The smallest absolute Gasteiger partial charge is 0.261 e. The zero-order valence-electron chi connectivity index (χ0n) is 14.4. The third kappa shape index (κ3) is 5.31. The van der Waals surface area contributed by atoms with Gasteiger partial charge < -0.3 is 9.73 Å². The Hall–Kier alpha value is -2.36. The molecule has 7 nitrogen and oxygen atoms in total. The molecule has 140 valence electrons. The molecule has 0 aliphatic heterocycles. The number of hydrogen-bond donors (Lipinski definition) is 2. The van der Waals surface area contributed by atoms with E-state index in [2.05, 4.69) is 20.8 Å². The van der Waals surface area contributed by atoms with Crippen molar-refractivity contribution in [2.24, 2.45) is 0 Å². The van der Waals surface area contributed by atoms with Crippen LogP contribution < -0.4 is 10.6 Å². The van der Waals surface area contributed by atoms with Crippen molar-refractivity contribution in [1.29, 1.82) is 0 Å². The monoisotopic (exact) mass is 422 g/mol. The number of halogens is 1. The van der Waals surface area contributed by atoms with Gasteiger partial charge in [-0.15, -0.1) is 10.2 Å². The third-order valence-electron chi connectivity index (χ3n) is 3.37. The molecule has 2 heterocycles. The second kappa shape index (κ2) is 8.55. The number of nitrogens with one attached hydrogen (secondary N) is 2. The SMILES string of the molecule is Cc1cc(C(=O)Nc2nnc(SCC(=O)Nc3ccc(Cl)cc3)s2)c(C)o1. The van der Waals surface area contributed by atoms with E-state index < -0.39 is 0 Å². The summed E-state index contributed by atoms with van der Waals surface area (Å²) in [5.74, 6) is 0.900. The largest absolute Gasteiger partial charge is 0.466 e. The number of furan rings is 1. The number of aryl methyl sites for hydroxylation is 2. The van der Waals surface area contributed by atoms with E-state index >= 15 is 0 Å². The maximum absolute atomic E-state index is 12.2.